The Morgan fingerprint density at radius 1 is 0.973 bits per heavy atom. The highest BCUT2D eigenvalue weighted by Gasteiger charge is 2.35. The lowest BCUT2D eigenvalue weighted by Crippen LogP contribution is -2.55. The van der Waals surface area contributed by atoms with E-state index in [0.717, 1.165) is 30.9 Å². The SMILES string of the molecule is CCC(C(=O)NC(C)(C)C)N(Cc1cccc(C)c1)C(=O)CN(c1cc(C)ccc1C)S(=O)(=O)N(C)C. The van der Waals surface area contributed by atoms with Crippen molar-refractivity contribution in [3.8, 4) is 0 Å². The number of anilines is 1. The van der Waals surface area contributed by atoms with E-state index < -0.39 is 34.2 Å². The number of rotatable bonds is 10. The van der Waals surface area contributed by atoms with Crippen molar-refractivity contribution in [3.63, 3.8) is 0 Å². The molecule has 0 heterocycles. The van der Waals surface area contributed by atoms with Gasteiger partial charge in [-0.05, 0) is 70.7 Å². The second-order valence-corrected chi connectivity index (χ2v) is 12.8. The van der Waals surface area contributed by atoms with E-state index in [4.69, 9.17) is 0 Å². The molecule has 0 fully saturated rings. The summed E-state index contributed by atoms with van der Waals surface area (Å²) in [5.74, 6) is -0.728. The van der Waals surface area contributed by atoms with Gasteiger partial charge in [-0.1, -0.05) is 48.9 Å². The Labute approximate surface area is 222 Å². The molecule has 1 N–H and O–H groups in total. The highest BCUT2D eigenvalue weighted by atomic mass is 32.2. The first-order valence-corrected chi connectivity index (χ1v) is 13.9. The molecular formula is C28H42N4O4S. The molecule has 2 aromatic carbocycles. The molecule has 2 rings (SSSR count). The molecule has 2 amide bonds. The summed E-state index contributed by atoms with van der Waals surface area (Å²) in [6.45, 7) is 12.9. The maximum atomic E-state index is 14.0. The topological polar surface area (TPSA) is 90.0 Å². The Kier molecular flexibility index (Phi) is 9.91. The minimum atomic E-state index is -4.00. The van der Waals surface area contributed by atoms with Gasteiger partial charge in [0.1, 0.15) is 12.6 Å². The summed E-state index contributed by atoms with van der Waals surface area (Å²) >= 11 is 0. The molecule has 0 saturated heterocycles. The largest absolute Gasteiger partial charge is 0.350 e. The fourth-order valence-corrected chi connectivity index (χ4v) is 5.18. The zero-order chi connectivity index (χ0) is 28.1. The second-order valence-electron chi connectivity index (χ2n) is 10.8. The third kappa shape index (κ3) is 8.04. The van der Waals surface area contributed by atoms with Crippen LogP contribution in [-0.2, 0) is 26.3 Å². The van der Waals surface area contributed by atoms with Crippen LogP contribution in [0.25, 0.3) is 0 Å². The van der Waals surface area contributed by atoms with Crippen LogP contribution in [0.15, 0.2) is 42.5 Å². The van der Waals surface area contributed by atoms with Crippen LogP contribution in [0.5, 0.6) is 0 Å². The van der Waals surface area contributed by atoms with Crippen LogP contribution >= 0.6 is 0 Å². The minimum Gasteiger partial charge on any atom is -0.350 e. The first kappa shape index (κ1) is 30.3. The molecule has 0 saturated carbocycles. The average molecular weight is 531 g/mol. The van der Waals surface area contributed by atoms with Gasteiger partial charge in [0.05, 0.1) is 5.69 Å². The molecule has 0 bridgehead atoms. The molecule has 1 atom stereocenters. The van der Waals surface area contributed by atoms with Gasteiger partial charge in [0.25, 0.3) is 0 Å². The summed E-state index contributed by atoms with van der Waals surface area (Å²) in [6, 6.07) is 12.5. The molecule has 204 valence electrons. The van der Waals surface area contributed by atoms with Gasteiger partial charge in [-0.3, -0.25) is 9.59 Å². The van der Waals surface area contributed by atoms with Crippen molar-refractivity contribution in [2.75, 3.05) is 24.9 Å². The van der Waals surface area contributed by atoms with E-state index in [2.05, 4.69) is 5.32 Å². The Morgan fingerprint density at radius 2 is 1.59 bits per heavy atom. The fourth-order valence-electron chi connectivity index (χ4n) is 4.07. The highest BCUT2D eigenvalue weighted by Crippen LogP contribution is 2.26. The van der Waals surface area contributed by atoms with E-state index in [1.807, 2.05) is 84.9 Å². The number of hydrogen-bond donors (Lipinski definition) is 1. The number of amides is 2. The molecule has 0 aliphatic rings. The van der Waals surface area contributed by atoms with Crippen LogP contribution < -0.4 is 9.62 Å². The van der Waals surface area contributed by atoms with Gasteiger partial charge in [-0.15, -0.1) is 0 Å². The van der Waals surface area contributed by atoms with Crippen LogP contribution in [0.3, 0.4) is 0 Å². The third-order valence-corrected chi connectivity index (χ3v) is 7.78. The van der Waals surface area contributed by atoms with E-state index in [9.17, 15) is 18.0 Å². The Balaban J connectivity index is 2.58. The standard InChI is InChI=1S/C28H42N4O4S/c1-10-24(27(34)29-28(5,6)7)31(18-23-13-11-12-20(2)16-23)26(33)19-32(37(35,36)30(8)9)25-17-21(3)14-15-22(25)4/h11-17,24H,10,18-19H2,1-9H3,(H,29,34). The zero-order valence-electron chi connectivity index (χ0n) is 23.6. The molecule has 2 aromatic rings. The summed E-state index contributed by atoms with van der Waals surface area (Å²) in [6.07, 6.45) is 0.378. The van der Waals surface area contributed by atoms with Gasteiger partial charge in [0.15, 0.2) is 0 Å². The van der Waals surface area contributed by atoms with Crippen LogP contribution in [0.4, 0.5) is 5.69 Å². The number of carbonyl (C=O) groups excluding carboxylic acids is 2. The molecular weight excluding hydrogens is 488 g/mol. The van der Waals surface area contributed by atoms with Crippen molar-refractivity contribution in [1.82, 2.24) is 14.5 Å². The molecule has 0 aliphatic heterocycles. The third-order valence-electron chi connectivity index (χ3n) is 5.97. The molecule has 0 spiro atoms. The van der Waals surface area contributed by atoms with Crippen molar-refractivity contribution in [1.29, 1.82) is 0 Å². The van der Waals surface area contributed by atoms with Gasteiger partial charge < -0.3 is 10.2 Å². The highest BCUT2D eigenvalue weighted by molar-refractivity contribution is 7.90. The first-order valence-electron chi connectivity index (χ1n) is 12.5. The number of benzene rings is 2. The maximum absolute atomic E-state index is 14.0. The molecule has 0 aliphatic carbocycles. The molecule has 9 heteroatoms. The van der Waals surface area contributed by atoms with Gasteiger partial charge in [-0.25, -0.2) is 4.31 Å². The quantitative estimate of drug-likeness (QED) is 0.504. The van der Waals surface area contributed by atoms with Gasteiger partial charge in [0.2, 0.25) is 11.8 Å². The van der Waals surface area contributed by atoms with E-state index in [1.54, 1.807) is 6.07 Å². The monoisotopic (exact) mass is 530 g/mol. The summed E-state index contributed by atoms with van der Waals surface area (Å²) in [7, 11) is -1.13. The van der Waals surface area contributed by atoms with Gasteiger partial charge in [-0.2, -0.15) is 12.7 Å². The summed E-state index contributed by atoms with van der Waals surface area (Å²) < 4.78 is 29.1. The normalized spacial score (nSPS) is 12.8. The Hall–Kier alpha value is -2.91. The van der Waals surface area contributed by atoms with Crippen molar-refractivity contribution in [2.45, 2.75) is 73.0 Å². The minimum absolute atomic E-state index is 0.180. The number of nitrogens with one attached hydrogen (secondary N) is 1. The van der Waals surface area contributed by atoms with Crippen molar-refractivity contribution in [2.24, 2.45) is 0 Å². The van der Waals surface area contributed by atoms with E-state index in [1.165, 1.54) is 19.0 Å². The van der Waals surface area contributed by atoms with Crippen molar-refractivity contribution in [3.05, 3.63) is 64.7 Å². The number of aryl methyl sites for hydroxylation is 3. The smallest absolute Gasteiger partial charge is 0.304 e. The van der Waals surface area contributed by atoms with E-state index in [0.29, 0.717) is 12.1 Å². The van der Waals surface area contributed by atoms with Gasteiger partial charge in [0, 0.05) is 26.2 Å². The molecule has 8 nitrogen and oxygen atoms in total. The lowest BCUT2D eigenvalue weighted by molar-refractivity contribution is -0.141. The number of hydrogen-bond acceptors (Lipinski definition) is 4. The average Bonchev–Trinajstić information content (AvgIpc) is 2.77. The summed E-state index contributed by atoms with van der Waals surface area (Å²) in [5.41, 5.74) is 3.45. The molecule has 0 radical (unpaired) electrons. The summed E-state index contributed by atoms with van der Waals surface area (Å²) in [5, 5.41) is 2.98. The number of carbonyl (C=O) groups is 2. The molecule has 1 unspecified atom stereocenters. The first-order chi connectivity index (χ1) is 17.1. The van der Waals surface area contributed by atoms with Crippen LogP contribution in [-0.4, -0.2) is 61.7 Å². The van der Waals surface area contributed by atoms with Crippen LogP contribution in [0.2, 0.25) is 0 Å². The van der Waals surface area contributed by atoms with Gasteiger partial charge >= 0.3 is 10.2 Å². The Morgan fingerprint density at radius 3 is 2.14 bits per heavy atom. The van der Waals surface area contributed by atoms with E-state index in [-0.39, 0.29) is 12.5 Å². The molecule has 37 heavy (non-hydrogen) atoms. The predicted molar refractivity (Wildman–Crippen MR) is 150 cm³/mol. The summed E-state index contributed by atoms with van der Waals surface area (Å²) in [4.78, 5) is 28.8. The fraction of sp³-hybridized carbons (Fsp3) is 0.500. The zero-order valence-corrected chi connectivity index (χ0v) is 24.4. The van der Waals surface area contributed by atoms with Crippen LogP contribution in [0.1, 0.15) is 56.4 Å². The predicted octanol–water partition coefficient (Wildman–Crippen LogP) is 3.95. The second kappa shape index (κ2) is 12.1. The number of nitrogens with zero attached hydrogens (tertiary/aromatic N) is 3. The lowest BCUT2D eigenvalue weighted by atomic mass is 10.0. The molecule has 0 aromatic heterocycles. The maximum Gasteiger partial charge on any atom is 0.304 e. The van der Waals surface area contributed by atoms with Crippen molar-refractivity contribution < 1.29 is 18.0 Å². The van der Waals surface area contributed by atoms with Crippen LogP contribution in [0, 0.1) is 20.8 Å². The van der Waals surface area contributed by atoms with E-state index >= 15 is 0 Å². The van der Waals surface area contributed by atoms with Crippen molar-refractivity contribution >= 4 is 27.7 Å². The Bertz CT molecular complexity index is 1220. The lowest BCUT2D eigenvalue weighted by Gasteiger charge is -2.35.